The van der Waals surface area contributed by atoms with Crippen LogP contribution in [-0.4, -0.2) is 27.8 Å². The maximum absolute atomic E-state index is 10.9. The smallest absolute Gasteiger partial charge is 1.00 e. The van der Waals surface area contributed by atoms with E-state index in [1.807, 2.05) is 0 Å². The monoisotopic (exact) mass is 300 g/mol. The molecular weight excluding hydrogens is 290 g/mol. The van der Waals surface area contributed by atoms with Gasteiger partial charge >= 0.3 is 41.5 Å². The molecule has 1 atom stereocenters. The van der Waals surface area contributed by atoms with E-state index in [9.17, 15) is 9.59 Å². The first-order valence-corrected chi connectivity index (χ1v) is 8.23. The number of thiol groups is 1. The average molecular weight is 300 g/mol. The van der Waals surface area contributed by atoms with Crippen LogP contribution >= 0.6 is 17.5 Å². The van der Waals surface area contributed by atoms with E-state index in [4.69, 9.17) is 22.0 Å². The SMILES string of the molecule is O=C(O)C(C(=O)O)P(=S)(S)c1ccccc1.[H-].[Na+]. The summed E-state index contributed by atoms with van der Waals surface area (Å²) in [6.07, 6.45) is 0. The van der Waals surface area contributed by atoms with Crippen molar-refractivity contribution in [1.82, 2.24) is 0 Å². The Kier molecular flexibility index (Phi) is 6.99. The molecule has 0 aliphatic carbocycles. The Morgan fingerprint density at radius 3 is 2.00 bits per heavy atom. The molecule has 17 heavy (non-hydrogen) atoms. The second-order valence-electron chi connectivity index (χ2n) is 3.04. The molecule has 4 nitrogen and oxygen atoms in total. The minimum Gasteiger partial charge on any atom is -1.00 e. The molecule has 0 spiro atoms. The van der Waals surface area contributed by atoms with Gasteiger partial charge in [-0.1, -0.05) is 42.1 Å². The molecule has 1 aromatic carbocycles. The Labute approximate surface area is 132 Å². The van der Waals surface area contributed by atoms with Gasteiger partial charge in [-0.05, 0) is 5.30 Å². The van der Waals surface area contributed by atoms with Crippen LogP contribution in [0.3, 0.4) is 0 Å². The maximum atomic E-state index is 10.9. The van der Waals surface area contributed by atoms with Crippen molar-refractivity contribution in [3.8, 4) is 0 Å². The topological polar surface area (TPSA) is 74.6 Å². The minimum atomic E-state index is -2.94. The molecule has 0 radical (unpaired) electrons. The van der Waals surface area contributed by atoms with Crippen molar-refractivity contribution in [1.29, 1.82) is 0 Å². The van der Waals surface area contributed by atoms with Crippen LogP contribution < -0.4 is 34.9 Å². The number of hydrogen-bond donors (Lipinski definition) is 3. The standard InChI is InChI=1S/C9H9O4PS2.Na.H/c10-8(11)7(9(12)13)14(15,16)6-4-2-1-3-5-6;;/h1-5,7H,(H,10,11)(H,12,13)(H,15,16);;/q;+1;-1. The second-order valence-corrected chi connectivity index (χ2v) is 9.75. The fourth-order valence-electron chi connectivity index (χ4n) is 1.20. The largest absolute Gasteiger partial charge is 1.00 e. The fourth-order valence-corrected chi connectivity index (χ4v) is 4.59. The van der Waals surface area contributed by atoms with Gasteiger partial charge in [-0.3, -0.25) is 9.59 Å². The quantitative estimate of drug-likeness (QED) is 0.267. The average Bonchev–Trinajstić information content (AvgIpc) is 2.17. The van der Waals surface area contributed by atoms with Crippen molar-refractivity contribution in [3.63, 3.8) is 0 Å². The molecule has 0 aliphatic heterocycles. The van der Waals surface area contributed by atoms with E-state index in [1.54, 1.807) is 30.3 Å². The van der Waals surface area contributed by atoms with Crippen LogP contribution in [0.1, 0.15) is 1.43 Å². The zero-order valence-corrected chi connectivity index (χ0v) is 13.6. The van der Waals surface area contributed by atoms with Gasteiger partial charge in [0, 0.05) is 0 Å². The Balaban J connectivity index is 0. The minimum absolute atomic E-state index is 0. The Bertz CT molecular complexity index is 457. The number of carboxylic acid groups (broad SMARTS) is 2. The number of rotatable bonds is 4. The third-order valence-corrected chi connectivity index (χ3v) is 6.77. The number of benzene rings is 1. The summed E-state index contributed by atoms with van der Waals surface area (Å²) in [6.45, 7) is 0. The predicted molar refractivity (Wildman–Crippen MR) is 69.5 cm³/mol. The molecule has 0 bridgehead atoms. The van der Waals surface area contributed by atoms with Gasteiger partial charge in [0.05, 0.1) is 5.24 Å². The van der Waals surface area contributed by atoms with Crippen LogP contribution in [0.4, 0.5) is 0 Å². The molecule has 1 rings (SSSR count). The van der Waals surface area contributed by atoms with Crippen molar-refractivity contribution in [2.75, 3.05) is 0 Å². The van der Waals surface area contributed by atoms with E-state index in [0.29, 0.717) is 5.30 Å². The van der Waals surface area contributed by atoms with Gasteiger partial charge in [0.15, 0.2) is 5.66 Å². The number of carboxylic acids is 2. The van der Waals surface area contributed by atoms with Crippen LogP contribution in [0.2, 0.25) is 0 Å². The van der Waals surface area contributed by atoms with Crippen LogP contribution in [0.5, 0.6) is 0 Å². The van der Waals surface area contributed by atoms with Gasteiger partial charge in [-0.2, -0.15) is 0 Å². The zero-order valence-electron chi connectivity index (χ0n) is 9.98. The van der Waals surface area contributed by atoms with Crippen molar-refractivity contribution >= 4 is 46.5 Å². The van der Waals surface area contributed by atoms with Gasteiger partial charge < -0.3 is 11.6 Å². The molecular formula is C9H10NaO4PS2. The predicted octanol–water partition coefficient (Wildman–Crippen LogP) is -1.71. The van der Waals surface area contributed by atoms with E-state index >= 15 is 0 Å². The van der Waals surface area contributed by atoms with Gasteiger partial charge in [-0.15, -0.1) is 12.2 Å². The van der Waals surface area contributed by atoms with Crippen molar-refractivity contribution in [2.45, 2.75) is 5.66 Å². The van der Waals surface area contributed by atoms with Gasteiger partial charge in [0.25, 0.3) is 0 Å². The summed E-state index contributed by atoms with van der Waals surface area (Å²) in [5, 5.41) is 15.3. The number of aliphatic carboxylic acids is 2. The first kappa shape index (κ1) is 17.2. The first-order chi connectivity index (χ1) is 7.37. The summed E-state index contributed by atoms with van der Waals surface area (Å²) >= 11 is 9.21. The zero-order chi connectivity index (χ0) is 12.3. The van der Waals surface area contributed by atoms with Crippen molar-refractivity contribution in [3.05, 3.63) is 30.3 Å². The molecule has 1 aromatic rings. The normalized spacial score (nSPS) is 13.5. The fraction of sp³-hybridized carbons (Fsp3) is 0.111. The third kappa shape index (κ3) is 4.09. The molecule has 0 aromatic heterocycles. The van der Waals surface area contributed by atoms with Crippen LogP contribution in [0.15, 0.2) is 30.3 Å². The second kappa shape index (κ2) is 6.92. The summed E-state index contributed by atoms with van der Waals surface area (Å²) in [7, 11) is 0. The third-order valence-electron chi connectivity index (χ3n) is 1.94. The molecule has 0 saturated heterocycles. The molecule has 0 heterocycles. The summed E-state index contributed by atoms with van der Waals surface area (Å²) in [6, 6.07) is 8.29. The van der Waals surface area contributed by atoms with E-state index in [-0.39, 0.29) is 31.0 Å². The molecule has 8 heteroatoms. The molecule has 88 valence electrons. The molecule has 0 amide bonds. The van der Waals surface area contributed by atoms with Gasteiger partial charge in [-0.25, -0.2) is 0 Å². The number of hydrogen-bond acceptors (Lipinski definition) is 3. The molecule has 0 aliphatic rings. The van der Waals surface area contributed by atoms with Crippen LogP contribution in [-0.2, 0) is 21.4 Å². The summed E-state index contributed by atoms with van der Waals surface area (Å²) in [5.74, 6) is -2.90. The van der Waals surface area contributed by atoms with Crippen LogP contribution in [0.25, 0.3) is 0 Å². The van der Waals surface area contributed by atoms with Crippen LogP contribution in [0, 0.1) is 0 Å². The van der Waals surface area contributed by atoms with E-state index in [2.05, 4.69) is 12.2 Å². The molecule has 0 saturated carbocycles. The van der Waals surface area contributed by atoms with Crippen molar-refractivity contribution in [2.24, 2.45) is 0 Å². The van der Waals surface area contributed by atoms with Crippen molar-refractivity contribution < 1.29 is 50.8 Å². The molecule has 1 unspecified atom stereocenters. The molecule has 2 N–H and O–H groups in total. The van der Waals surface area contributed by atoms with E-state index < -0.39 is 22.8 Å². The van der Waals surface area contributed by atoms with E-state index in [0.717, 1.165) is 0 Å². The maximum Gasteiger partial charge on any atom is 1.00 e. The Hall–Kier alpha value is 0.160. The number of carbonyl (C=O) groups is 2. The Morgan fingerprint density at radius 1 is 1.24 bits per heavy atom. The first-order valence-electron chi connectivity index (χ1n) is 4.21. The Morgan fingerprint density at radius 2 is 1.65 bits per heavy atom. The summed E-state index contributed by atoms with van der Waals surface area (Å²) in [5.41, 5.74) is -1.66. The summed E-state index contributed by atoms with van der Waals surface area (Å²) in [4.78, 5) is 21.8. The molecule has 0 fully saturated rings. The van der Waals surface area contributed by atoms with Gasteiger partial charge in [0.2, 0.25) is 0 Å². The van der Waals surface area contributed by atoms with E-state index in [1.165, 1.54) is 0 Å². The summed E-state index contributed by atoms with van der Waals surface area (Å²) < 4.78 is 0. The van der Waals surface area contributed by atoms with Gasteiger partial charge in [0.1, 0.15) is 0 Å².